The van der Waals surface area contributed by atoms with Gasteiger partial charge in [-0.1, -0.05) is 268 Å². The van der Waals surface area contributed by atoms with Gasteiger partial charge in [-0.25, -0.2) is 0 Å². The summed E-state index contributed by atoms with van der Waals surface area (Å²) in [7, 11) is 0. The highest BCUT2D eigenvalue weighted by molar-refractivity contribution is 5.70. The molecule has 0 aliphatic heterocycles. The van der Waals surface area contributed by atoms with Crippen LogP contribution in [-0.2, 0) is 23.8 Å². The Morgan fingerprint density at radius 3 is 1.00 bits per heavy atom. The normalized spacial score (nSPS) is 12.5. The van der Waals surface area contributed by atoms with Gasteiger partial charge in [0.15, 0.2) is 6.10 Å². The van der Waals surface area contributed by atoms with Gasteiger partial charge in [-0.2, -0.15) is 0 Å². The van der Waals surface area contributed by atoms with Gasteiger partial charge in [-0.15, -0.1) is 0 Å². The summed E-state index contributed by atoms with van der Waals surface area (Å²) in [6, 6.07) is 0. The molecule has 0 aromatic carbocycles. The van der Waals surface area contributed by atoms with Gasteiger partial charge in [0.05, 0.1) is 6.61 Å². The number of carbonyl (C=O) groups is 2. The molecule has 1 unspecified atom stereocenters. The molecule has 0 N–H and O–H groups in total. The molecule has 0 aliphatic carbocycles. The van der Waals surface area contributed by atoms with Gasteiger partial charge in [0, 0.05) is 19.4 Å². The van der Waals surface area contributed by atoms with Crippen LogP contribution >= 0.6 is 0 Å². The summed E-state index contributed by atoms with van der Waals surface area (Å²) in [5.41, 5.74) is 0. The van der Waals surface area contributed by atoms with E-state index in [-0.39, 0.29) is 25.2 Å². The quantitative estimate of drug-likeness (QED) is 0.0345. The second-order valence-corrected chi connectivity index (χ2v) is 20.3. The van der Waals surface area contributed by atoms with Crippen molar-refractivity contribution in [2.24, 2.45) is 0 Å². The van der Waals surface area contributed by atoms with Crippen molar-refractivity contribution in [1.82, 2.24) is 0 Å². The first kappa shape index (κ1) is 65.9. The van der Waals surface area contributed by atoms with Crippen molar-refractivity contribution in [3.63, 3.8) is 0 Å². The number of unbranched alkanes of at least 4 members (excludes halogenated alkanes) is 37. The van der Waals surface area contributed by atoms with Crippen LogP contribution in [0.3, 0.4) is 0 Å². The maximum atomic E-state index is 12.9. The molecule has 0 saturated heterocycles. The standard InChI is InChI=1S/C63H116O5/c1-4-7-10-13-16-19-22-25-28-31-34-37-40-43-46-49-52-55-58-66-59-61(68-63(65)57-54-51-48-45-42-39-36-33-30-27-24-21-18-15-12-9-6-3)60-67-62(64)56-53-50-47-44-41-38-35-32-29-26-23-20-17-14-11-8-5-2/h17-18,20-21,26-27,29-30,61H,4-16,19,22-25,28,31-60H2,1-3H3/b20-17-,21-18-,29-26-,30-27-. The molecule has 0 saturated carbocycles. The molecule has 5 heteroatoms. The zero-order valence-corrected chi connectivity index (χ0v) is 45.9. The van der Waals surface area contributed by atoms with Crippen LogP contribution in [0, 0.1) is 0 Å². The Hall–Kier alpha value is -2.14. The van der Waals surface area contributed by atoms with Crippen molar-refractivity contribution < 1.29 is 23.8 Å². The summed E-state index contributed by atoms with van der Waals surface area (Å²) in [6.45, 7) is 7.82. The topological polar surface area (TPSA) is 61.8 Å². The van der Waals surface area contributed by atoms with E-state index in [4.69, 9.17) is 14.2 Å². The number of esters is 2. The Balaban J connectivity index is 4.27. The maximum Gasteiger partial charge on any atom is 0.306 e. The largest absolute Gasteiger partial charge is 0.462 e. The van der Waals surface area contributed by atoms with Gasteiger partial charge in [-0.3, -0.25) is 9.59 Å². The van der Waals surface area contributed by atoms with Crippen LogP contribution < -0.4 is 0 Å². The van der Waals surface area contributed by atoms with Crippen molar-refractivity contribution in [3.8, 4) is 0 Å². The van der Waals surface area contributed by atoms with E-state index in [9.17, 15) is 9.59 Å². The van der Waals surface area contributed by atoms with Crippen LogP contribution in [0.4, 0.5) is 0 Å². The molecule has 0 radical (unpaired) electrons. The van der Waals surface area contributed by atoms with Crippen LogP contribution in [0.25, 0.3) is 0 Å². The van der Waals surface area contributed by atoms with E-state index in [1.807, 2.05) is 0 Å². The summed E-state index contributed by atoms with van der Waals surface area (Å²) < 4.78 is 17.5. The Kier molecular flexibility index (Phi) is 57.3. The lowest BCUT2D eigenvalue weighted by molar-refractivity contribution is -0.163. The lowest BCUT2D eigenvalue weighted by Crippen LogP contribution is -2.30. The molecule has 0 spiro atoms. The fraction of sp³-hybridized carbons (Fsp3) is 0.841. The number of carbonyl (C=O) groups excluding carboxylic acids is 2. The molecule has 1 atom stereocenters. The van der Waals surface area contributed by atoms with Crippen molar-refractivity contribution >= 4 is 11.9 Å². The van der Waals surface area contributed by atoms with Crippen LogP contribution in [-0.4, -0.2) is 37.9 Å². The summed E-state index contributed by atoms with van der Waals surface area (Å²) in [5.74, 6) is -0.398. The average Bonchev–Trinajstić information content (AvgIpc) is 3.34. The minimum atomic E-state index is -0.542. The molecule has 0 aliphatic rings. The van der Waals surface area contributed by atoms with Gasteiger partial charge < -0.3 is 14.2 Å². The molecular formula is C63H116O5. The Morgan fingerprint density at radius 2 is 0.618 bits per heavy atom. The van der Waals surface area contributed by atoms with Crippen LogP contribution in [0.15, 0.2) is 48.6 Å². The van der Waals surface area contributed by atoms with Crippen molar-refractivity contribution in [1.29, 1.82) is 0 Å². The zero-order valence-electron chi connectivity index (χ0n) is 45.9. The summed E-state index contributed by atoms with van der Waals surface area (Å²) in [6.07, 6.45) is 74.2. The van der Waals surface area contributed by atoms with E-state index in [2.05, 4.69) is 69.4 Å². The number of hydrogen-bond acceptors (Lipinski definition) is 5. The second kappa shape index (κ2) is 59.2. The molecule has 0 aromatic heterocycles. The van der Waals surface area contributed by atoms with E-state index in [1.165, 1.54) is 225 Å². The Labute approximate surface area is 424 Å². The number of hydrogen-bond donors (Lipinski definition) is 0. The highest BCUT2D eigenvalue weighted by atomic mass is 16.6. The molecule has 0 aromatic rings. The highest BCUT2D eigenvalue weighted by Gasteiger charge is 2.17. The van der Waals surface area contributed by atoms with Gasteiger partial charge in [0.25, 0.3) is 0 Å². The SMILES string of the molecule is CCCCC/C=C\C/C=C\CCCCCCCCCC(=O)OCC(COCCCCCCCCCCCCCCCCCCCC)OC(=O)CCCCCCCCC/C=C\C/C=C\CCCCC. The van der Waals surface area contributed by atoms with Crippen molar-refractivity contribution in [2.45, 2.75) is 322 Å². The van der Waals surface area contributed by atoms with E-state index in [1.54, 1.807) is 0 Å². The van der Waals surface area contributed by atoms with Crippen LogP contribution in [0.5, 0.6) is 0 Å². The molecule has 68 heavy (non-hydrogen) atoms. The van der Waals surface area contributed by atoms with Crippen molar-refractivity contribution in [3.05, 3.63) is 48.6 Å². The van der Waals surface area contributed by atoms with E-state index >= 15 is 0 Å². The molecule has 0 heterocycles. The summed E-state index contributed by atoms with van der Waals surface area (Å²) in [4.78, 5) is 25.6. The average molecular weight is 954 g/mol. The van der Waals surface area contributed by atoms with Gasteiger partial charge >= 0.3 is 11.9 Å². The highest BCUT2D eigenvalue weighted by Crippen LogP contribution is 2.16. The Bertz CT molecular complexity index is 1120. The minimum absolute atomic E-state index is 0.0817. The van der Waals surface area contributed by atoms with Crippen LogP contribution in [0.1, 0.15) is 316 Å². The third-order valence-corrected chi connectivity index (χ3v) is 13.3. The predicted molar refractivity (Wildman–Crippen MR) is 298 cm³/mol. The maximum absolute atomic E-state index is 12.9. The fourth-order valence-corrected chi connectivity index (χ4v) is 8.81. The second-order valence-electron chi connectivity index (χ2n) is 20.3. The van der Waals surface area contributed by atoms with Gasteiger partial charge in [0.1, 0.15) is 6.61 Å². The van der Waals surface area contributed by atoms with Crippen molar-refractivity contribution in [2.75, 3.05) is 19.8 Å². The number of allylic oxidation sites excluding steroid dienone is 8. The fourth-order valence-electron chi connectivity index (χ4n) is 8.81. The van der Waals surface area contributed by atoms with E-state index in [0.29, 0.717) is 19.4 Å². The summed E-state index contributed by atoms with van der Waals surface area (Å²) >= 11 is 0. The molecular weight excluding hydrogens is 837 g/mol. The van der Waals surface area contributed by atoms with E-state index < -0.39 is 6.10 Å². The smallest absolute Gasteiger partial charge is 0.306 e. The number of rotatable bonds is 56. The van der Waals surface area contributed by atoms with E-state index in [0.717, 1.165) is 57.8 Å². The molecule has 0 bridgehead atoms. The van der Waals surface area contributed by atoms with Crippen LogP contribution in [0.2, 0.25) is 0 Å². The first-order valence-corrected chi connectivity index (χ1v) is 30.2. The Morgan fingerprint density at radius 1 is 0.324 bits per heavy atom. The third kappa shape index (κ3) is 56.4. The first-order chi connectivity index (χ1) is 33.6. The molecule has 5 nitrogen and oxygen atoms in total. The third-order valence-electron chi connectivity index (χ3n) is 13.3. The molecule has 0 amide bonds. The minimum Gasteiger partial charge on any atom is -0.462 e. The molecule has 0 fully saturated rings. The molecule has 0 rings (SSSR count). The lowest BCUT2D eigenvalue weighted by Gasteiger charge is -2.18. The molecule has 398 valence electrons. The first-order valence-electron chi connectivity index (χ1n) is 30.2. The van der Waals surface area contributed by atoms with Gasteiger partial charge in [0.2, 0.25) is 0 Å². The monoisotopic (exact) mass is 953 g/mol. The van der Waals surface area contributed by atoms with Gasteiger partial charge in [-0.05, 0) is 83.5 Å². The number of ether oxygens (including phenoxy) is 3. The predicted octanol–water partition coefficient (Wildman–Crippen LogP) is 20.7. The lowest BCUT2D eigenvalue weighted by atomic mass is 10.0. The summed E-state index contributed by atoms with van der Waals surface area (Å²) in [5, 5.41) is 0. The zero-order chi connectivity index (χ0) is 49.2.